The van der Waals surface area contributed by atoms with E-state index in [0.29, 0.717) is 16.2 Å². The molecule has 0 aromatic rings. The highest BCUT2D eigenvalue weighted by molar-refractivity contribution is 8.00. The van der Waals surface area contributed by atoms with Gasteiger partial charge in [-0.2, -0.15) is 11.8 Å². The maximum atomic E-state index is 3.39. The minimum Gasteiger partial charge on any atom is -0.317 e. The van der Waals surface area contributed by atoms with E-state index in [2.05, 4.69) is 63.6 Å². The maximum Gasteiger partial charge on any atom is 0.0116 e. The van der Waals surface area contributed by atoms with Crippen LogP contribution in [0.5, 0.6) is 0 Å². The van der Waals surface area contributed by atoms with E-state index in [1.165, 1.54) is 31.8 Å². The van der Waals surface area contributed by atoms with Crippen molar-refractivity contribution in [1.82, 2.24) is 10.2 Å². The lowest BCUT2D eigenvalue weighted by atomic mass is 9.84. The van der Waals surface area contributed by atoms with Gasteiger partial charge in [0, 0.05) is 29.6 Å². The molecule has 1 saturated heterocycles. The Hall–Kier alpha value is 0.270. The zero-order valence-electron chi connectivity index (χ0n) is 12.5. The first-order valence-electron chi connectivity index (χ1n) is 6.80. The number of rotatable bonds is 4. The number of hydrogen-bond acceptors (Lipinski definition) is 3. The molecule has 1 atom stereocenters. The van der Waals surface area contributed by atoms with Gasteiger partial charge in [-0.3, -0.25) is 0 Å². The lowest BCUT2D eigenvalue weighted by Crippen LogP contribution is -2.46. The van der Waals surface area contributed by atoms with Gasteiger partial charge in [-0.05, 0) is 32.4 Å². The molecule has 17 heavy (non-hydrogen) atoms. The van der Waals surface area contributed by atoms with E-state index in [1.54, 1.807) is 0 Å². The molecule has 0 amide bonds. The first-order chi connectivity index (χ1) is 7.77. The van der Waals surface area contributed by atoms with Crippen molar-refractivity contribution in [2.75, 3.05) is 32.4 Å². The van der Waals surface area contributed by atoms with Gasteiger partial charge in [0.15, 0.2) is 0 Å². The van der Waals surface area contributed by atoms with Crippen molar-refractivity contribution < 1.29 is 0 Å². The van der Waals surface area contributed by atoms with Gasteiger partial charge in [-0.1, -0.05) is 27.7 Å². The van der Waals surface area contributed by atoms with Crippen LogP contribution in [0.3, 0.4) is 0 Å². The summed E-state index contributed by atoms with van der Waals surface area (Å²) in [6.07, 6.45) is 1.31. The molecule has 0 aromatic heterocycles. The molecule has 1 heterocycles. The van der Waals surface area contributed by atoms with Crippen LogP contribution >= 0.6 is 11.8 Å². The molecule has 0 bridgehead atoms. The number of hydrogen-bond donors (Lipinski definition) is 1. The molecule has 1 N–H and O–H groups in total. The van der Waals surface area contributed by atoms with E-state index < -0.39 is 0 Å². The van der Waals surface area contributed by atoms with Crippen molar-refractivity contribution in [2.24, 2.45) is 5.41 Å². The van der Waals surface area contributed by atoms with Gasteiger partial charge in [0.25, 0.3) is 0 Å². The van der Waals surface area contributed by atoms with Crippen LogP contribution in [0.15, 0.2) is 0 Å². The largest absolute Gasteiger partial charge is 0.317 e. The van der Waals surface area contributed by atoms with Gasteiger partial charge in [-0.25, -0.2) is 0 Å². The molecule has 1 aliphatic rings. The van der Waals surface area contributed by atoms with Crippen LogP contribution in [0.25, 0.3) is 0 Å². The first-order valence-corrected chi connectivity index (χ1v) is 7.79. The molecule has 1 fully saturated rings. The fourth-order valence-corrected chi connectivity index (χ4v) is 3.46. The summed E-state index contributed by atoms with van der Waals surface area (Å²) in [7, 11) is 2.06. The van der Waals surface area contributed by atoms with E-state index >= 15 is 0 Å². The Labute approximate surface area is 112 Å². The van der Waals surface area contributed by atoms with Gasteiger partial charge >= 0.3 is 0 Å². The Morgan fingerprint density at radius 1 is 1.35 bits per heavy atom. The Bertz CT molecular complexity index is 238. The monoisotopic (exact) mass is 258 g/mol. The molecule has 102 valence electrons. The topological polar surface area (TPSA) is 15.3 Å². The summed E-state index contributed by atoms with van der Waals surface area (Å²) in [6, 6.07) is 0.561. The van der Waals surface area contributed by atoms with Crippen molar-refractivity contribution in [3.63, 3.8) is 0 Å². The van der Waals surface area contributed by atoms with Crippen molar-refractivity contribution >= 4 is 11.8 Å². The molecule has 1 unspecified atom stereocenters. The zero-order chi connectivity index (χ0) is 13.1. The van der Waals surface area contributed by atoms with Crippen LogP contribution in [-0.4, -0.2) is 48.1 Å². The van der Waals surface area contributed by atoms with Crippen LogP contribution in [0.4, 0.5) is 0 Å². The molecule has 0 aromatic carbocycles. The summed E-state index contributed by atoms with van der Waals surface area (Å²) in [6.45, 7) is 15.5. The van der Waals surface area contributed by atoms with Crippen molar-refractivity contribution in [3.05, 3.63) is 0 Å². The summed E-state index contributed by atoms with van der Waals surface area (Å²) >= 11 is 2.13. The minimum absolute atomic E-state index is 0.341. The smallest absolute Gasteiger partial charge is 0.0116 e. The van der Waals surface area contributed by atoms with Crippen LogP contribution in [0, 0.1) is 5.41 Å². The highest BCUT2D eigenvalue weighted by atomic mass is 32.2. The normalized spacial score (nSPS) is 24.4. The lowest BCUT2D eigenvalue weighted by Gasteiger charge is -2.36. The van der Waals surface area contributed by atoms with E-state index in [0.717, 1.165) is 0 Å². The third-order valence-corrected chi connectivity index (χ3v) is 5.54. The third kappa shape index (κ3) is 4.80. The van der Waals surface area contributed by atoms with Gasteiger partial charge in [-0.15, -0.1) is 0 Å². The fraction of sp³-hybridized carbons (Fsp3) is 1.00. The first kappa shape index (κ1) is 15.3. The highest BCUT2D eigenvalue weighted by Gasteiger charge is 2.30. The molecular formula is C14H30N2S. The summed E-state index contributed by atoms with van der Waals surface area (Å²) in [4.78, 5) is 2.65. The van der Waals surface area contributed by atoms with Gasteiger partial charge in [0.1, 0.15) is 0 Å². The second-order valence-corrected chi connectivity index (χ2v) is 8.44. The van der Waals surface area contributed by atoms with Crippen LogP contribution < -0.4 is 5.32 Å². The quantitative estimate of drug-likeness (QED) is 0.835. The van der Waals surface area contributed by atoms with Crippen molar-refractivity contribution in [1.29, 1.82) is 0 Å². The Morgan fingerprint density at radius 3 is 2.59 bits per heavy atom. The predicted molar refractivity (Wildman–Crippen MR) is 79.9 cm³/mol. The number of nitrogens with zero attached hydrogens (tertiary/aromatic N) is 1. The Morgan fingerprint density at radius 2 is 2.00 bits per heavy atom. The standard InChI is InChI=1S/C14H30N2S/c1-12(15-6)13(2,3)11-16-8-7-14(4,5)17-10-9-16/h12,15H,7-11H2,1-6H3. The molecule has 1 aliphatic heterocycles. The SMILES string of the molecule is CNC(C)C(C)(C)CN1CCSC(C)(C)CC1. The fourth-order valence-electron chi connectivity index (χ4n) is 2.32. The summed E-state index contributed by atoms with van der Waals surface area (Å²) in [5.74, 6) is 1.27. The number of nitrogens with one attached hydrogen (secondary N) is 1. The Balaban J connectivity index is 2.52. The molecule has 3 heteroatoms. The molecule has 0 saturated carbocycles. The van der Waals surface area contributed by atoms with E-state index in [9.17, 15) is 0 Å². The lowest BCUT2D eigenvalue weighted by molar-refractivity contribution is 0.150. The third-order valence-electron chi connectivity index (χ3n) is 4.17. The van der Waals surface area contributed by atoms with Crippen molar-refractivity contribution in [3.8, 4) is 0 Å². The minimum atomic E-state index is 0.341. The highest BCUT2D eigenvalue weighted by Crippen LogP contribution is 2.32. The second-order valence-electron chi connectivity index (χ2n) is 6.63. The summed E-state index contributed by atoms with van der Waals surface area (Å²) in [5.41, 5.74) is 0.341. The zero-order valence-corrected chi connectivity index (χ0v) is 13.3. The van der Waals surface area contributed by atoms with E-state index in [1.807, 2.05) is 0 Å². The summed E-state index contributed by atoms with van der Waals surface area (Å²) in [5, 5.41) is 3.39. The second kappa shape index (κ2) is 5.94. The maximum absolute atomic E-state index is 3.39. The molecule has 0 aliphatic carbocycles. The summed E-state index contributed by atoms with van der Waals surface area (Å²) < 4.78 is 0.466. The van der Waals surface area contributed by atoms with Crippen LogP contribution in [0.2, 0.25) is 0 Å². The van der Waals surface area contributed by atoms with Gasteiger partial charge < -0.3 is 10.2 Å². The Kier molecular flexibility index (Phi) is 5.36. The average Bonchev–Trinajstić information content (AvgIpc) is 2.38. The van der Waals surface area contributed by atoms with Crippen LogP contribution in [0.1, 0.15) is 41.0 Å². The number of thioether (sulfide) groups is 1. The van der Waals surface area contributed by atoms with E-state index in [4.69, 9.17) is 0 Å². The molecule has 0 radical (unpaired) electrons. The average molecular weight is 258 g/mol. The van der Waals surface area contributed by atoms with Crippen molar-refractivity contribution in [2.45, 2.75) is 51.8 Å². The van der Waals surface area contributed by atoms with Crippen LogP contribution in [-0.2, 0) is 0 Å². The van der Waals surface area contributed by atoms with E-state index in [-0.39, 0.29) is 0 Å². The predicted octanol–water partition coefficient (Wildman–Crippen LogP) is 2.84. The molecule has 1 rings (SSSR count). The molecule has 0 spiro atoms. The molecular weight excluding hydrogens is 228 g/mol. The van der Waals surface area contributed by atoms with Gasteiger partial charge in [0.05, 0.1) is 0 Å². The molecule has 2 nitrogen and oxygen atoms in total. The van der Waals surface area contributed by atoms with Gasteiger partial charge in [0.2, 0.25) is 0 Å².